The van der Waals surface area contributed by atoms with Crippen molar-refractivity contribution in [1.82, 2.24) is 9.88 Å². The lowest BCUT2D eigenvalue weighted by atomic mass is 9.95. The first kappa shape index (κ1) is 28.6. The van der Waals surface area contributed by atoms with Crippen LogP contribution in [-0.4, -0.2) is 40.8 Å². The molecule has 2 aromatic heterocycles. The van der Waals surface area contributed by atoms with Gasteiger partial charge in [-0.2, -0.15) is 5.26 Å². The van der Waals surface area contributed by atoms with Crippen molar-refractivity contribution in [2.45, 2.75) is 32.6 Å². The monoisotopic (exact) mass is 618 g/mol. The van der Waals surface area contributed by atoms with Crippen molar-refractivity contribution in [3.8, 4) is 17.6 Å². The van der Waals surface area contributed by atoms with E-state index >= 15 is 0 Å². The number of hydrogen-bond donors (Lipinski definition) is 2. The number of allylic oxidation sites excluding steroid dienone is 1. The number of aryl methyl sites for hydroxylation is 1. The maximum atomic E-state index is 13.6. The summed E-state index contributed by atoms with van der Waals surface area (Å²) in [5.41, 5.74) is 2.96. The average Bonchev–Trinajstić information content (AvgIpc) is 3.81. The zero-order valence-corrected chi connectivity index (χ0v) is 25.4. The number of rotatable bonds is 7. The Bertz CT molecular complexity index is 1900. The zero-order valence-electron chi connectivity index (χ0n) is 24.6. The number of benzene rings is 2. The molecule has 0 unspecified atom stereocenters. The van der Waals surface area contributed by atoms with Gasteiger partial charge in [0, 0.05) is 25.2 Å². The molecule has 3 aliphatic rings. The molecule has 4 aromatic rings. The Morgan fingerprint density at radius 3 is 2.56 bits per heavy atom. The van der Waals surface area contributed by atoms with Crippen LogP contribution in [0.2, 0.25) is 0 Å². The molecule has 0 spiro atoms. The van der Waals surface area contributed by atoms with Gasteiger partial charge in [0.15, 0.2) is 0 Å². The van der Waals surface area contributed by atoms with E-state index in [-0.39, 0.29) is 29.3 Å². The largest absolute Gasteiger partial charge is 0.457 e. The van der Waals surface area contributed by atoms with E-state index in [9.17, 15) is 19.6 Å². The Hall–Kier alpha value is -5.21. The van der Waals surface area contributed by atoms with Crippen LogP contribution in [0.15, 0.2) is 72.4 Å². The molecule has 2 aliphatic heterocycles. The highest BCUT2D eigenvalue weighted by Gasteiger charge is 2.34. The van der Waals surface area contributed by atoms with E-state index < -0.39 is 0 Å². The number of para-hydroxylation sites is 1. The van der Waals surface area contributed by atoms with Gasteiger partial charge in [0.2, 0.25) is 5.91 Å². The van der Waals surface area contributed by atoms with Gasteiger partial charge >= 0.3 is 6.03 Å². The Balaban J connectivity index is 1.08. The van der Waals surface area contributed by atoms with Crippen LogP contribution in [0, 0.1) is 30.1 Å². The van der Waals surface area contributed by atoms with E-state index in [1.165, 1.54) is 11.3 Å². The smallest absolute Gasteiger partial charge is 0.331 e. The lowest BCUT2D eigenvalue weighted by molar-refractivity contribution is -0.130. The van der Waals surface area contributed by atoms with Gasteiger partial charge in [-0.05, 0) is 80.5 Å². The number of piperidine rings is 1. The van der Waals surface area contributed by atoms with E-state index in [4.69, 9.17) is 4.74 Å². The number of nitrogens with one attached hydrogen (secondary N) is 2. The summed E-state index contributed by atoms with van der Waals surface area (Å²) in [7, 11) is 0. The first-order chi connectivity index (χ1) is 21.9. The van der Waals surface area contributed by atoms with Crippen LogP contribution in [0.4, 0.5) is 26.9 Å². The molecule has 1 saturated heterocycles. The molecule has 1 aliphatic carbocycles. The van der Waals surface area contributed by atoms with Crippen LogP contribution in [0.25, 0.3) is 10.2 Å². The Morgan fingerprint density at radius 2 is 1.84 bits per heavy atom. The Labute approximate surface area is 263 Å². The highest BCUT2D eigenvalue weighted by atomic mass is 32.1. The fourth-order valence-corrected chi connectivity index (χ4v) is 6.89. The van der Waals surface area contributed by atoms with E-state index in [1.54, 1.807) is 28.1 Å². The minimum Gasteiger partial charge on any atom is -0.457 e. The van der Waals surface area contributed by atoms with Crippen molar-refractivity contribution >= 4 is 61.5 Å². The first-order valence-corrected chi connectivity index (χ1v) is 15.8. The summed E-state index contributed by atoms with van der Waals surface area (Å²) in [5, 5.41) is 16.8. The minimum absolute atomic E-state index is 0.165. The second-order valence-corrected chi connectivity index (χ2v) is 12.5. The number of carbonyl (C=O) groups excluding carboxylic acids is 3. The molecule has 4 heterocycles. The van der Waals surface area contributed by atoms with E-state index in [1.807, 2.05) is 61.5 Å². The fourth-order valence-electron chi connectivity index (χ4n) is 5.86. The highest BCUT2D eigenvalue weighted by Crippen LogP contribution is 2.49. The third-order valence-corrected chi connectivity index (χ3v) is 9.41. The summed E-state index contributed by atoms with van der Waals surface area (Å²) in [6.45, 7) is 2.74. The van der Waals surface area contributed by atoms with Crippen LogP contribution in [0.5, 0.6) is 11.5 Å². The second kappa shape index (κ2) is 11.7. The van der Waals surface area contributed by atoms with Crippen LogP contribution in [-0.2, 0) is 9.59 Å². The summed E-state index contributed by atoms with van der Waals surface area (Å²) < 4.78 is 5.98. The van der Waals surface area contributed by atoms with Crippen LogP contribution in [0.1, 0.15) is 31.2 Å². The van der Waals surface area contributed by atoms with Crippen molar-refractivity contribution in [3.63, 3.8) is 0 Å². The van der Waals surface area contributed by atoms with Gasteiger partial charge < -0.3 is 20.3 Å². The molecule has 1 saturated carbocycles. The number of likely N-dealkylation sites (tertiary alicyclic amines) is 1. The maximum absolute atomic E-state index is 13.6. The molecule has 226 valence electrons. The molecule has 2 aromatic carbocycles. The standard InChI is InChI=1S/C34H30N6O4S/c1-20-17-25(44-24-5-3-2-4-6-24)9-10-26(20)40-27-11-14-36-31-28(27)29(37-34(40)43)32(45-31)38-30(41)22-12-15-39(16-13-22)33(42)23(19-35)18-21-7-8-21/h2-6,9-11,14,17-18,21-22H,7-8,12-13,15-16H2,1H3,(H,37,43)(H,38,41). The number of pyridine rings is 1. The lowest BCUT2D eigenvalue weighted by Gasteiger charge is -2.31. The molecule has 4 amide bonds. The van der Waals surface area contributed by atoms with Crippen molar-refractivity contribution in [1.29, 1.82) is 5.26 Å². The molecule has 2 N–H and O–H groups in total. The quantitative estimate of drug-likeness (QED) is 0.168. The highest BCUT2D eigenvalue weighted by molar-refractivity contribution is 7.23. The van der Waals surface area contributed by atoms with Crippen molar-refractivity contribution in [3.05, 3.63) is 78.0 Å². The van der Waals surface area contributed by atoms with Gasteiger partial charge in [-0.3, -0.25) is 14.5 Å². The summed E-state index contributed by atoms with van der Waals surface area (Å²) in [4.78, 5) is 48.3. The number of aromatic nitrogens is 1. The normalized spacial score (nSPS) is 16.7. The van der Waals surface area contributed by atoms with Crippen LogP contribution in [0.3, 0.4) is 0 Å². The summed E-state index contributed by atoms with van der Waals surface area (Å²) in [6.07, 6.45) is 6.47. The SMILES string of the molecule is Cc1cc(Oc2ccccc2)ccc1N1C(=O)Nc2c(NC(=O)C3CCN(C(=O)C(C#N)=CC4CC4)CC3)sc3nccc1c23. The van der Waals surface area contributed by atoms with E-state index in [2.05, 4.69) is 15.6 Å². The number of nitriles is 1. The molecule has 0 atom stereocenters. The van der Waals surface area contributed by atoms with Crippen LogP contribution >= 0.6 is 11.3 Å². The number of ether oxygens (including phenoxy) is 1. The average molecular weight is 619 g/mol. The molecular weight excluding hydrogens is 588 g/mol. The minimum atomic E-state index is -0.344. The van der Waals surface area contributed by atoms with Gasteiger partial charge in [0.25, 0.3) is 5.91 Å². The molecule has 10 nitrogen and oxygen atoms in total. The van der Waals surface area contributed by atoms with Gasteiger partial charge in [0.1, 0.15) is 33.0 Å². The van der Waals surface area contributed by atoms with Crippen molar-refractivity contribution < 1.29 is 19.1 Å². The number of carbonyl (C=O) groups is 3. The zero-order chi connectivity index (χ0) is 31.1. The summed E-state index contributed by atoms with van der Waals surface area (Å²) >= 11 is 1.31. The molecule has 0 bridgehead atoms. The second-order valence-electron chi connectivity index (χ2n) is 11.5. The number of thiophene rings is 1. The van der Waals surface area contributed by atoms with Crippen molar-refractivity contribution in [2.24, 2.45) is 11.8 Å². The van der Waals surface area contributed by atoms with E-state index in [0.717, 1.165) is 29.5 Å². The Kier molecular flexibility index (Phi) is 7.43. The van der Waals surface area contributed by atoms with Crippen LogP contribution < -0.4 is 20.3 Å². The van der Waals surface area contributed by atoms with Crippen molar-refractivity contribution in [2.75, 3.05) is 28.6 Å². The molecule has 45 heavy (non-hydrogen) atoms. The summed E-state index contributed by atoms with van der Waals surface area (Å²) in [5.74, 6) is 1.00. The predicted molar refractivity (Wildman–Crippen MR) is 173 cm³/mol. The predicted octanol–water partition coefficient (Wildman–Crippen LogP) is 7.12. The van der Waals surface area contributed by atoms with E-state index in [0.29, 0.717) is 64.5 Å². The van der Waals surface area contributed by atoms with Gasteiger partial charge in [0.05, 0.1) is 22.4 Å². The fraction of sp³-hybridized carbons (Fsp3) is 0.265. The summed E-state index contributed by atoms with van der Waals surface area (Å²) in [6, 6.07) is 18.6. The first-order valence-electron chi connectivity index (χ1n) is 15.0. The maximum Gasteiger partial charge on any atom is 0.331 e. The number of amides is 4. The molecule has 2 fully saturated rings. The number of hydrogen-bond acceptors (Lipinski definition) is 7. The van der Waals surface area contributed by atoms with Gasteiger partial charge in [-0.15, -0.1) is 0 Å². The van der Waals surface area contributed by atoms with Gasteiger partial charge in [-0.25, -0.2) is 9.78 Å². The number of nitrogens with zero attached hydrogens (tertiary/aromatic N) is 4. The Morgan fingerprint density at radius 1 is 1.07 bits per heavy atom. The molecular formula is C34H30N6O4S. The molecule has 11 heteroatoms. The lowest BCUT2D eigenvalue weighted by Crippen LogP contribution is -2.42. The van der Waals surface area contributed by atoms with Gasteiger partial charge in [-0.1, -0.05) is 35.6 Å². The number of urea groups is 1. The number of anilines is 4. The molecule has 0 radical (unpaired) electrons. The topological polar surface area (TPSA) is 128 Å². The molecule has 7 rings (SSSR count). The third-order valence-electron chi connectivity index (χ3n) is 8.40. The third kappa shape index (κ3) is 5.60.